The Hall–Kier alpha value is -1.31. The lowest BCUT2D eigenvalue weighted by Crippen LogP contribution is -2.16. The molecule has 0 saturated carbocycles. The van der Waals surface area contributed by atoms with E-state index < -0.39 is 5.97 Å². The smallest absolute Gasteiger partial charge is 0.335 e. The molecule has 0 aromatic heterocycles. The van der Waals surface area contributed by atoms with Crippen molar-refractivity contribution in [3.8, 4) is 0 Å². The van der Waals surface area contributed by atoms with Crippen LogP contribution in [-0.4, -0.2) is 11.1 Å². The van der Waals surface area contributed by atoms with Gasteiger partial charge in [-0.05, 0) is 66.5 Å². The number of unbranched alkanes of at least 4 members (excludes halogenated alkanes) is 1. The van der Waals surface area contributed by atoms with E-state index in [4.69, 9.17) is 0 Å². The Morgan fingerprint density at radius 3 is 2.25 bits per heavy atom. The number of hydrogen-bond donors (Lipinski definition) is 1. The quantitative estimate of drug-likeness (QED) is 0.528. The van der Waals surface area contributed by atoms with Gasteiger partial charge in [0.2, 0.25) is 0 Å². The first kappa shape index (κ1) is 20.7. The molecule has 0 bridgehead atoms. The van der Waals surface area contributed by atoms with Crippen molar-refractivity contribution in [2.45, 2.75) is 79.6 Å². The Morgan fingerprint density at radius 2 is 1.75 bits per heavy atom. The van der Waals surface area contributed by atoms with E-state index in [-0.39, 0.29) is 5.92 Å². The van der Waals surface area contributed by atoms with Crippen LogP contribution in [-0.2, 0) is 6.42 Å². The molecule has 0 heterocycles. The summed E-state index contributed by atoms with van der Waals surface area (Å²) >= 11 is 0. The summed E-state index contributed by atoms with van der Waals surface area (Å²) in [6.45, 7) is 13.5. The number of carboxylic acid groups (broad SMARTS) is 1. The van der Waals surface area contributed by atoms with E-state index in [1.807, 2.05) is 12.1 Å². The predicted octanol–water partition coefficient (Wildman–Crippen LogP) is 6.54. The molecule has 1 aromatic rings. The number of hydrogen-bond acceptors (Lipinski definition) is 1. The zero-order valence-electron chi connectivity index (χ0n) is 16.4. The van der Waals surface area contributed by atoms with Crippen LogP contribution >= 0.6 is 0 Å². The van der Waals surface area contributed by atoms with E-state index >= 15 is 0 Å². The molecular formula is C22H36O2. The summed E-state index contributed by atoms with van der Waals surface area (Å²) in [6, 6.07) is 5.95. The van der Waals surface area contributed by atoms with Gasteiger partial charge in [0.15, 0.2) is 0 Å². The average Bonchev–Trinajstić information content (AvgIpc) is 2.51. The number of carbonyl (C=O) groups is 1. The molecular weight excluding hydrogens is 296 g/mol. The van der Waals surface area contributed by atoms with Crippen molar-refractivity contribution in [1.82, 2.24) is 0 Å². The van der Waals surface area contributed by atoms with E-state index in [2.05, 4.69) is 47.6 Å². The van der Waals surface area contributed by atoms with Crippen LogP contribution in [0.4, 0.5) is 0 Å². The van der Waals surface area contributed by atoms with Gasteiger partial charge >= 0.3 is 5.97 Å². The maximum atomic E-state index is 11.6. The molecule has 1 aromatic carbocycles. The van der Waals surface area contributed by atoms with Crippen LogP contribution in [0.5, 0.6) is 0 Å². The Balaban J connectivity index is 3.04. The topological polar surface area (TPSA) is 37.3 Å². The fourth-order valence-electron chi connectivity index (χ4n) is 3.58. The standard InChI is InChI=1S/C22H36O2/c1-7-8-9-18-10-11-20(22(23)24)21(14-18)17(6)13-19(16(4)5)12-15(2)3/h10-11,14-17,19H,7-9,12-13H2,1-6H3,(H,23,24). The van der Waals surface area contributed by atoms with Gasteiger partial charge in [-0.1, -0.05) is 60.1 Å². The lowest BCUT2D eigenvalue weighted by Gasteiger charge is -2.27. The van der Waals surface area contributed by atoms with Gasteiger partial charge in [0.05, 0.1) is 5.56 Å². The summed E-state index contributed by atoms with van der Waals surface area (Å²) in [6.07, 6.45) is 5.63. The first-order valence-corrected chi connectivity index (χ1v) is 9.62. The molecule has 1 rings (SSSR count). The maximum absolute atomic E-state index is 11.6. The second kappa shape index (κ2) is 9.86. The zero-order chi connectivity index (χ0) is 18.3. The third-order valence-corrected chi connectivity index (χ3v) is 5.07. The number of rotatable bonds is 10. The third kappa shape index (κ3) is 6.30. The first-order valence-electron chi connectivity index (χ1n) is 9.62. The second-order valence-electron chi connectivity index (χ2n) is 8.10. The predicted molar refractivity (Wildman–Crippen MR) is 103 cm³/mol. The molecule has 0 amide bonds. The van der Waals surface area contributed by atoms with Gasteiger partial charge in [0.25, 0.3) is 0 Å². The van der Waals surface area contributed by atoms with Crippen molar-refractivity contribution in [2.24, 2.45) is 17.8 Å². The fourth-order valence-corrected chi connectivity index (χ4v) is 3.58. The second-order valence-corrected chi connectivity index (χ2v) is 8.10. The minimum Gasteiger partial charge on any atom is -0.478 e. The Bertz CT molecular complexity index is 517. The number of benzene rings is 1. The van der Waals surface area contributed by atoms with Crippen LogP contribution in [0, 0.1) is 17.8 Å². The minimum atomic E-state index is -0.802. The van der Waals surface area contributed by atoms with Gasteiger partial charge in [-0.3, -0.25) is 0 Å². The number of aryl methyl sites for hydroxylation is 1. The molecule has 0 spiro atoms. The van der Waals surface area contributed by atoms with Gasteiger partial charge in [0.1, 0.15) is 0 Å². The van der Waals surface area contributed by atoms with Crippen LogP contribution < -0.4 is 0 Å². The Kier molecular flexibility index (Phi) is 8.52. The summed E-state index contributed by atoms with van der Waals surface area (Å²) in [7, 11) is 0. The van der Waals surface area contributed by atoms with E-state index in [1.54, 1.807) is 0 Å². The molecule has 0 fully saturated rings. The van der Waals surface area contributed by atoms with Crippen LogP contribution in [0.2, 0.25) is 0 Å². The van der Waals surface area contributed by atoms with E-state index in [0.717, 1.165) is 31.2 Å². The van der Waals surface area contributed by atoms with Gasteiger partial charge < -0.3 is 5.11 Å². The van der Waals surface area contributed by atoms with Crippen molar-refractivity contribution in [1.29, 1.82) is 0 Å². The molecule has 0 aliphatic carbocycles. The highest BCUT2D eigenvalue weighted by molar-refractivity contribution is 5.89. The van der Waals surface area contributed by atoms with Crippen molar-refractivity contribution >= 4 is 5.97 Å². The van der Waals surface area contributed by atoms with Crippen LogP contribution in [0.1, 0.15) is 94.6 Å². The lowest BCUT2D eigenvalue weighted by atomic mass is 9.78. The SMILES string of the molecule is CCCCc1ccc(C(=O)O)c(C(C)CC(CC(C)C)C(C)C)c1. The molecule has 0 aliphatic heterocycles. The summed E-state index contributed by atoms with van der Waals surface area (Å²) in [5.74, 6) is 1.43. The highest BCUT2D eigenvalue weighted by atomic mass is 16.4. The van der Waals surface area contributed by atoms with E-state index in [1.165, 1.54) is 12.0 Å². The molecule has 2 atom stereocenters. The van der Waals surface area contributed by atoms with E-state index in [9.17, 15) is 9.90 Å². The Morgan fingerprint density at radius 1 is 1.08 bits per heavy atom. The molecule has 0 aliphatic rings. The monoisotopic (exact) mass is 332 g/mol. The summed E-state index contributed by atoms with van der Waals surface area (Å²) in [5, 5.41) is 9.57. The number of carboxylic acids is 1. The Labute approximate surface area is 148 Å². The van der Waals surface area contributed by atoms with Crippen molar-refractivity contribution in [3.63, 3.8) is 0 Å². The highest BCUT2D eigenvalue weighted by Crippen LogP contribution is 2.33. The van der Waals surface area contributed by atoms with Crippen molar-refractivity contribution in [2.75, 3.05) is 0 Å². The average molecular weight is 333 g/mol. The van der Waals surface area contributed by atoms with Gasteiger partial charge in [-0.25, -0.2) is 4.79 Å². The molecule has 136 valence electrons. The van der Waals surface area contributed by atoms with Crippen molar-refractivity contribution in [3.05, 3.63) is 34.9 Å². The fraction of sp³-hybridized carbons (Fsp3) is 0.682. The minimum absolute atomic E-state index is 0.281. The zero-order valence-corrected chi connectivity index (χ0v) is 16.4. The van der Waals surface area contributed by atoms with Crippen molar-refractivity contribution < 1.29 is 9.90 Å². The van der Waals surface area contributed by atoms with Crippen LogP contribution in [0.3, 0.4) is 0 Å². The van der Waals surface area contributed by atoms with Crippen LogP contribution in [0.15, 0.2) is 18.2 Å². The maximum Gasteiger partial charge on any atom is 0.335 e. The molecule has 0 saturated heterocycles. The van der Waals surface area contributed by atoms with Gasteiger partial charge in [-0.15, -0.1) is 0 Å². The van der Waals surface area contributed by atoms with Gasteiger partial charge in [-0.2, -0.15) is 0 Å². The summed E-state index contributed by atoms with van der Waals surface area (Å²) < 4.78 is 0. The summed E-state index contributed by atoms with van der Waals surface area (Å²) in [4.78, 5) is 11.6. The first-order chi connectivity index (χ1) is 11.3. The lowest BCUT2D eigenvalue weighted by molar-refractivity contribution is 0.0695. The highest BCUT2D eigenvalue weighted by Gasteiger charge is 2.22. The largest absolute Gasteiger partial charge is 0.478 e. The molecule has 0 radical (unpaired) electrons. The molecule has 2 unspecified atom stereocenters. The summed E-state index contributed by atoms with van der Waals surface area (Å²) in [5.41, 5.74) is 2.77. The number of aromatic carboxylic acids is 1. The molecule has 24 heavy (non-hydrogen) atoms. The van der Waals surface area contributed by atoms with E-state index in [0.29, 0.717) is 23.3 Å². The molecule has 2 nitrogen and oxygen atoms in total. The normalized spacial score (nSPS) is 14.2. The third-order valence-electron chi connectivity index (χ3n) is 5.07. The van der Waals surface area contributed by atoms with Gasteiger partial charge in [0, 0.05) is 0 Å². The van der Waals surface area contributed by atoms with Crippen LogP contribution in [0.25, 0.3) is 0 Å². The molecule has 1 N–H and O–H groups in total. The molecule has 2 heteroatoms.